The lowest BCUT2D eigenvalue weighted by Crippen LogP contribution is -2.42. The molecular formula is C16H26O12. The molecule has 0 aliphatic carbocycles. The second-order valence-corrected chi connectivity index (χ2v) is 5.97. The number of esters is 2. The summed E-state index contributed by atoms with van der Waals surface area (Å²) < 4.78 is 9.62. The zero-order chi connectivity index (χ0) is 21.9. The Balaban J connectivity index is 4.53. The van der Waals surface area contributed by atoms with Gasteiger partial charge in [0.1, 0.15) is 6.10 Å². The van der Waals surface area contributed by atoms with Gasteiger partial charge >= 0.3 is 23.9 Å². The Morgan fingerprint density at radius 1 is 0.750 bits per heavy atom. The smallest absolute Gasteiger partial charge is 0.338 e. The molecule has 5 unspecified atom stereocenters. The number of rotatable bonds is 14. The highest BCUT2D eigenvalue weighted by Crippen LogP contribution is 2.14. The van der Waals surface area contributed by atoms with E-state index in [0.29, 0.717) is 12.8 Å². The number of aliphatic hydroxyl groups is 4. The van der Waals surface area contributed by atoms with Crippen LogP contribution in [0.25, 0.3) is 0 Å². The number of unbranched alkanes of at least 4 members (excludes halogenated alkanes) is 1. The fourth-order valence-electron chi connectivity index (χ4n) is 2.03. The first-order valence-corrected chi connectivity index (χ1v) is 8.57. The molecule has 12 nitrogen and oxygen atoms in total. The number of hydrogen-bond acceptors (Lipinski definition) is 10. The van der Waals surface area contributed by atoms with Crippen LogP contribution in [0.1, 0.15) is 39.0 Å². The monoisotopic (exact) mass is 410 g/mol. The van der Waals surface area contributed by atoms with E-state index in [9.17, 15) is 34.5 Å². The van der Waals surface area contributed by atoms with Gasteiger partial charge in [-0.25, -0.2) is 19.2 Å². The molecule has 0 saturated carbocycles. The highest BCUT2D eigenvalue weighted by Gasteiger charge is 2.33. The van der Waals surface area contributed by atoms with Crippen LogP contribution in [-0.2, 0) is 28.7 Å². The van der Waals surface area contributed by atoms with Gasteiger partial charge < -0.3 is 40.1 Å². The van der Waals surface area contributed by atoms with Crippen molar-refractivity contribution in [3.05, 3.63) is 0 Å². The first-order valence-electron chi connectivity index (χ1n) is 8.57. The van der Waals surface area contributed by atoms with Crippen LogP contribution in [0.2, 0.25) is 0 Å². The van der Waals surface area contributed by atoms with Crippen LogP contribution in [0.5, 0.6) is 0 Å². The summed E-state index contributed by atoms with van der Waals surface area (Å²) in [5.41, 5.74) is 0. The van der Waals surface area contributed by atoms with Gasteiger partial charge in [0, 0.05) is 0 Å². The van der Waals surface area contributed by atoms with Crippen molar-refractivity contribution in [2.75, 3.05) is 6.61 Å². The molecule has 6 N–H and O–H groups in total. The minimum Gasteiger partial charge on any atom is -0.479 e. The van der Waals surface area contributed by atoms with E-state index in [1.807, 2.05) is 6.92 Å². The molecule has 12 heteroatoms. The average Bonchev–Trinajstić information content (AvgIpc) is 2.65. The van der Waals surface area contributed by atoms with Crippen LogP contribution in [0.3, 0.4) is 0 Å². The lowest BCUT2D eigenvalue weighted by Gasteiger charge is -2.21. The van der Waals surface area contributed by atoms with Gasteiger partial charge in [0.15, 0.2) is 24.4 Å². The van der Waals surface area contributed by atoms with Gasteiger partial charge in [0.05, 0.1) is 6.61 Å². The van der Waals surface area contributed by atoms with E-state index in [1.165, 1.54) is 0 Å². The lowest BCUT2D eigenvalue weighted by atomic mass is 10.1. The molecule has 0 rings (SSSR count). The van der Waals surface area contributed by atoms with Crippen LogP contribution in [0, 0.1) is 0 Å². The van der Waals surface area contributed by atoms with Crippen molar-refractivity contribution in [2.45, 2.75) is 69.5 Å². The predicted octanol–water partition coefficient (Wildman–Crippen LogP) is -1.98. The summed E-state index contributed by atoms with van der Waals surface area (Å²) in [4.78, 5) is 44.2. The van der Waals surface area contributed by atoms with Gasteiger partial charge in [-0.3, -0.25) is 0 Å². The van der Waals surface area contributed by atoms with Crippen LogP contribution < -0.4 is 0 Å². The van der Waals surface area contributed by atoms with Crippen molar-refractivity contribution in [1.29, 1.82) is 0 Å². The van der Waals surface area contributed by atoms with Gasteiger partial charge in [-0.05, 0) is 19.3 Å². The summed E-state index contributed by atoms with van der Waals surface area (Å²) in [6, 6.07) is 0. The largest absolute Gasteiger partial charge is 0.479 e. The summed E-state index contributed by atoms with van der Waals surface area (Å²) in [6.45, 7) is 1.60. The maximum Gasteiger partial charge on any atom is 0.338 e. The fraction of sp³-hybridized carbons (Fsp3) is 0.750. The van der Waals surface area contributed by atoms with Crippen LogP contribution >= 0.6 is 0 Å². The van der Waals surface area contributed by atoms with Crippen molar-refractivity contribution in [3.63, 3.8) is 0 Å². The van der Waals surface area contributed by atoms with Gasteiger partial charge in [-0.1, -0.05) is 19.8 Å². The molecular weight excluding hydrogens is 384 g/mol. The van der Waals surface area contributed by atoms with E-state index >= 15 is 0 Å². The van der Waals surface area contributed by atoms with Gasteiger partial charge in [0.25, 0.3) is 0 Å². The lowest BCUT2D eigenvalue weighted by molar-refractivity contribution is -0.174. The van der Waals surface area contributed by atoms with E-state index < -0.39 is 54.4 Å². The van der Waals surface area contributed by atoms with E-state index in [1.54, 1.807) is 0 Å². The molecule has 162 valence electrons. The SMILES string of the molecule is CCCCC(CCCOC(=O)C(O)C(O)C(=O)O)OC(=O)C(O)C(O)C(=O)O. The van der Waals surface area contributed by atoms with Crippen molar-refractivity contribution >= 4 is 23.9 Å². The predicted molar refractivity (Wildman–Crippen MR) is 88.9 cm³/mol. The maximum absolute atomic E-state index is 11.7. The molecule has 0 radical (unpaired) electrons. The summed E-state index contributed by atoms with van der Waals surface area (Å²) in [5.74, 6) is -6.23. The Labute approximate surface area is 160 Å². The molecule has 0 spiro atoms. The molecule has 28 heavy (non-hydrogen) atoms. The summed E-state index contributed by atoms with van der Waals surface area (Å²) in [6.07, 6.45) is -7.89. The normalized spacial score (nSPS) is 16.3. The number of carbonyl (C=O) groups excluding carboxylic acids is 2. The van der Waals surface area contributed by atoms with Gasteiger partial charge in [0.2, 0.25) is 0 Å². The fourth-order valence-corrected chi connectivity index (χ4v) is 2.03. The third-order valence-electron chi connectivity index (χ3n) is 3.66. The molecule has 0 aromatic rings. The number of aliphatic hydroxyl groups excluding tert-OH is 4. The molecule has 0 aromatic carbocycles. The first-order chi connectivity index (χ1) is 13.0. The molecule has 0 aromatic heterocycles. The molecule has 0 bridgehead atoms. The van der Waals surface area contributed by atoms with E-state index in [-0.39, 0.29) is 19.4 Å². The van der Waals surface area contributed by atoms with E-state index in [4.69, 9.17) is 20.1 Å². The highest BCUT2D eigenvalue weighted by atomic mass is 16.6. The molecule has 5 atom stereocenters. The molecule has 0 saturated heterocycles. The minimum absolute atomic E-state index is 0.126. The van der Waals surface area contributed by atoms with Crippen LogP contribution in [0.15, 0.2) is 0 Å². The number of aliphatic carboxylic acids is 2. The molecule has 0 heterocycles. The zero-order valence-electron chi connectivity index (χ0n) is 15.3. The Kier molecular flexibility index (Phi) is 11.9. The molecule has 0 aliphatic heterocycles. The number of carboxylic acids is 2. The Morgan fingerprint density at radius 2 is 1.21 bits per heavy atom. The number of ether oxygens (including phenoxy) is 2. The third-order valence-corrected chi connectivity index (χ3v) is 3.66. The van der Waals surface area contributed by atoms with E-state index in [2.05, 4.69) is 4.74 Å². The first kappa shape index (κ1) is 25.7. The summed E-state index contributed by atoms with van der Waals surface area (Å²) in [7, 11) is 0. The Bertz CT molecular complexity index is 534. The van der Waals surface area contributed by atoms with Crippen molar-refractivity contribution in [1.82, 2.24) is 0 Å². The number of carboxylic acid groups (broad SMARTS) is 2. The van der Waals surface area contributed by atoms with Crippen molar-refractivity contribution < 1.29 is 59.3 Å². The summed E-state index contributed by atoms with van der Waals surface area (Å²) >= 11 is 0. The summed E-state index contributed by atoms with van der Waals surface area (Å²) in [5, 5.41) is 54.0. The molecule has 0 amide bonds. The highest BCUT2D eigenvalue weighted by molar-refractivity contribution is 5.84. The van der Waals surface area contributed by atoms with Gasteiger partial charge in [-0.15, -0.1) is 0 Å². The zero-order valence-corrected chi connectivity index (χ0v) is 15.3. The average molecular weight is 410 g/mol. The van der Waals surface area contributed by atoms with Crippen molar-refractivity contribution in [2.24, 2.45) is 0 Å². The minimum atomic E-state index is -2.33. The Hall–Kier alpha value is -2.28. The second kappa shape index (κ2) is 13.0. The Morgan fingerprint density at radius 3 is 1.68 bits per heavy atom. The van der Waals surface area contributed by atoms with Crippen molar-refractivity contribution in [3.8, 4) is 0 Å². The second-order valence-electron chi connectivity index (χ2n) is 5.97. The maximum atomic E-state index is 11.7. The quantitative estimate of drug-likeness (QED) is 0.136. The molecule has 0 fully saturated rings. The van der Waals surface area contributed by atoms with E-state index in [0.717, 1.165) is 6.42 Å². The third kappa shape index (κ3) is 9.08. The van der Waals surface area contributed by atoms with Gasteiger partial charge in [-0.2, -0.15) is 0 Å². The van der Waals surface area contributed by atoms with Crippen LogP contribution in [-0.4, -0.2) is 91.6 Å². The standard InChI is InChI=1S/C16H26O12/c1-2-3-5-8(28-16(26)12(20)10(18)14(23)24)6-4-7-27-15(25)11(19)9(17)13(21)22/h8-12,17-20H,2-7H2,1H3,(H,21,22)(H,23,24). The number of hydrogen-bond donors (Lipinski definition) is 6. The molecule has 0 aliphatic rings. The van der Waals surface area contributed by atoms with Crippen LogP contribution in [0.4, 0.5) is 0 Å². The topological polar surface area (TPSA) is 208 Å². The number of carbonyl (C=O) groups is 4.